The number of nitrogens with one attached hydrogen (secondary N) is 1. The maximum atomic E-state index is 12.2. The Hall–Kier alpha value is -2.44. The normalized spacial score (nSPS) is 14.2. The number of rotatable bonds is 6. The summed E-state index contributed by atoms with van der Waals surface area (Å²) in [6.45, 7) is 4.84. The molecule has 1 N–H and O–H groups in total. The van der Waals surface area contributed by atoms with Crippen molar-refractivity contribution in [3.63, 3.8) is 0 Å². The Balaban J connectivity index is 1.73. The summed E-state index contributed by atoms with van der Waals surface area (Å²) in [4.78, 5) is 27.5. The molecule has 1 aromatic carbocycles. The number of benzene rings is 1. The van der Waals surface area contributed by atoms with Crippen LogP contribution in [-0.4, -0.2) is 68.2 Å². The lowest BCUT2D eigenvalue weighted by Gasteiger charge is -2.34. The molecule has 0 unspecified atom stereocenters. The van der Waals surface area contributed by atoms with Crippen molar-refractivity contribution in [3.05, 3.63) is 24.3 Å². The summed E-state index contributed by atoms with van der Waals surface area (Å²) in [5, 5.41) is 2.85. The minimum absolute atomic E-state index is 0.00560. The lowest BCUT2D eigenvalue weighted by molar-refractivity contribution is -0.134. The molecule has 0 spiro atoms. The van der Waals surface area contributed by atoms with Crippen LogP contribution in [0.4, 0.5) is 4.79 Å². The van der Waals surface area contributed by atoms with Gasteiger partial charge in [-0.2, -0.15) is 0 Å². The number of carbonyl (C=O) groups is 2. The van der Waals surface area contributed by atoms with E-state index in [9.17, 15) is 9.59 Å². The standard InChI is InChI=1S/C17H25N3O4/c1-3-8-18-17(22)20-11-9-19(10-12-20)16(21)13-24-15-6-4-14(23-2)5-7-15/h4-7H,3,8-13H2,1-2H3,(H,18,22). The van der Waals surface area contributed by atoms with Gasteiger partial charge in [0.1, 0.15) is 11.5 Å². The van der Waals surface area contributed by atoms with Crippen LogP contribution in [0.1, 0.15) is 13.3 Å². The zero-order chi connectivity index (χ0) is 17.4. The highest BCUT2D eigenvalue weighted by molar-refractivity contribution is 5.79. The highest BCUT2D eigenvalue weighted by Gasteiger charge is 2.24. The molecule has 2 rings (SSSR count). The van der Waals surface area contributed by atoms with Crippen LogP contribution in [0.25, 0.3) is 0 Å². The minimum atomic E-state index is -0.0700. The lowest BCUT2D eigenvalue weighted by Crippen LogP contribution is -2.54. The Morgan fingerprint density at radius 2 is 1.62 bits per heavy atom. The van der Waals surface area contributed by atoms with Crippen LogP contribution in [0.3, 0.4) is 0 Å². The molecule has 1 aromatic rings. The smallest absolute Gasteiger partial charge is 0.317 e. The minimum Gasteiger partial charge on any atom is -0.497 e. The van der Waals surface area contributed by atoms with Gasteiger partial charge < -0.3 is 24.6 Å². The molecule has 1 heterocycles. The second-order valence-electron chi connectivity index (χ2n) is 5.56. The van der Waals surface area contributed by atoms with Crippen LogP contribution in [0.15, 0.2) is 24.3 Å². The van der Waals surface area contributed by atoms with Crippen molar-refractivity contribution in [2.75, 3.05) is 46.4 Å². The molecule has 1 aliphatic rings. The average molecular weight is 335 g/mol. The summed E-state index contributed by atoms with van der Waals surface area (Å²) in [6.07, 6.45) is 0.910. The molecule has 1 saturated heterocycles. The van der Waals surface area contributed by atoms with Crippen molar-refractivity contribution < 1.29 is 19.1 Å². The summed E-state index contributed by atoms with van der Waals surface area (Å²) in [7, 11) is 1.60. The van der Waals surface area contributed by atoms with Crippen LogP contribution in [0, 0.1) is 0 Å². The summed E-state index contributed by atoms with van der Waals surface area (Å²) < 4.78 is 10.6. The van der Waals surface area contributed by atoms with Crippen molar-refractivity contribution in [2.45, 2.75) is 13.3 Å². The van der Waals surface area contributed by atoms with Crippen LogP contribution in [0.5, 0.6) is 11.5 Å². The molecule has 3 amide bonds. The van der Waals surface area contributed by atoms with Crippen LogP contribution in [-0.2, 0) is 4.79 Å². The van der Waals surface area contributed by atoms with Crippen LogP contribution < -0.4 is 14.8 Å². The van der Waals surface area contributed by atoms with Gasteiger partial charge in [-0.1, -0.05) is 6.92 Å². The molecule has 1 aliphatic heterocycles. The Morgan fingerprint density at radius 1 is 1.04 bits per heavy atom. The maximum Gasteiger partial charge on any atom is 0.317 e. The molecule has 0 aromatic heterocycles. The van der Waals surface area contributed by atoms with Gasteiger partial charge >= 0.3 is 6.03 Å². The van der Waals surface area contributed by atoms with E-state index in [2.05, 4.69) is 5.32 Å². The molecule has 0 saturated carbocycles. The summed E-state index contributed by atoms with van der Waals surface area (Å²) in [6, 6.07) is 7.05. The molecule has 0 aliphatic carbocycles. The lowest BCUT2D eigenvalue weighted by atomic mass is 10.3. The summed E-state index contributed by atoms with van der Waals surface area (Å²) >= 11 is 0. The monoisotopic (exact) mass is 335 g/mol. The number of carbonyl (C=O) groups excluding carboxylic acids is 2. The third-order valence-corrected chi connectivity index (χ3v) is 3.87. The van der Waals surface area contributed by atoms with Crippen molar-refractivity contribution in [3.8, 4) is 11.5 Å². The number of ether oxygens (including phenoxy) is 2. The topological polar surface area (TPSA) is 71.1 Å². The fraction of sp³-hybridized carbons (Fsp3) is 0.529. The molecule has 0 atom stereocenters. The summed E-state index contributed by atoms with van der Waals surface area (Å²) in [5.41, 5.74) is 0. The molecule has 132 valence electrons. The van der Waals surface area contributed by atoms with Crippen molar-refractivity contribution >= 4 is 11.9 Å². The van der Waals surface area contributed by atoms with E-state index in [1.54, 1.807) is 41.2 Å². The third-order valence-electron chi connectivity index (χ3n) is 3.87. The Morgan fingerprint density at radius 3 is 2.21 bits per heavy atom. The largest absolute Gasteiger partial charge is 0.497 e. The molecular formula is C17H25N3O4. The second kappa shape index (κ2) is 9.00. The zero-order valence-corrected chi connectivity index (χ0v) is 14.3. The Labute approximate surface area is 142 Å². The summed E-state index contributed by atoms with van der Waals surface area (Å²) in [5.74, 6) is 1.30. The molecule has 0 radical (unpaired) electrons. The first-order chi connectivity index (χ1) is 11.6. The van der Waals surface area contributed by atoms with Crippen molar-refractivity contribution in [1.29, 1.82) is 0 Å². The Kier molecular flexibility index (Phi) is 6.72. The van der Waals surface area contributed by atoms with Gasteiger partial charge in [0.25, 0.3) is 5.91 Å². The number of amides is 3. The van der Waals surface area contributed by atoms with Gasteiger partial charge in [0.05, 0.1) is 7.11 Å². The molecular weight excluding hydrogens is 310 g/mol. The molecule has 7 heteroatoms. The van der Waals surface area contributed by atoms with E-state index in [-0.39, 0.29) is 18.5 Å². The van der Waals surface area contributed by atoms with E-state index in [4.69, 9.17) is 9.47 Å². The number of piperazine rings is 1. The number of hydrogen-bond donors (Lipinski definition) is 1. The maximum absolute atomic E-state index is 12.2. The fourth-order valence-electron chi connectivity index (χ4n) is 2.41. The first-order valence-corrected chi connectivity index (χ1v) is 8.21. The van der Waals surface area contributed by atoms with Crippen LogP contribution >= 0.6 is 0 Å². The van der Waals surface area contributed by atoms with Crippen molar-refractivity contribution in [2.24, 2.45) is 0 Å². The van der Waals surface area contributed by atoms with Crippen LogP contribution in [0.2, 0.25) is 0 Å². The number of nitrogens with zero attached hydrogens (tertiary/aromatic N) is 2. The number of urea groups is 1. The van der Waals surface area contributed by atoms with E-state index < -0.39 is 0 Å². The third kappa shape index (κ3) is 5.04. The molecule has 7 nitrogen and oxygen atoms in total. The van der Waals surface area contributed by atoms with E-state index in [0.717, 1.165) is 12.2 Å². The van der Waals surface area contributed by atoms with E-state index in [1.165, 1.54) is 0 Å². The first kappa shape index (κ1) is 17.9. The van der Waals surface area contributed by atoms with Gasteiger partial charge in [-0.15, -0.1) is 0 Å². The fourth-order valence-corrected chi connectivity index (χ4v) is 2.41. The van der Waals surface area contributed by atoms with Crippen molar-refractivity contribution in [1.82, 2.24) is 15.1 Å². The van der Waals surface area contributed by atoms with E-state index in [0.29, 0.717) is 38.5 Å². The number of methoxy groups -OCH3 is 1. The Bertz CT molecular complexity index is 539. The van der Waals surface area contributed by atoms with Gasteiger partial charge in [0, 0.05) is 32.7 Å². The average Bonchev–Trinajstić information content (AvgIpc) is 2.64. The van der Waals surface area contributed by atoms with E-state index in [1.807, 2.05) is 6.92 Å². The highest BCUT2D eigenvalue weighted by atomic mass is 16.5. The quantitative estimate of drug-likeness (QED) is 0.852. The van der Waals surface area contributed by atoms with E-state index >= 15 is 0 Å². The highest BCUT2D eigenvalue weighted by Crippen LogP contribution is 2.17. The molecule has 0 bridgehead atoms. The zero-order valence-electron chi connectivity index (χ0n) is 14.3. The predicted octanol–water partition coefficient (Wildman–Crippen LogP) is 1.34. The molecule has 24 heavy (non-hydrogen) atoms. The first-order valence-electron chi connectivity index (χ1n) is 8.21. The van der Waals surface area contributed by atoms with Gasteiger partial charge in [-0.25, -0.2) is 4.79 Å². The molecule has 1 fully saturated rings. The number of hydrogen-bond acceptors (Lipinski definition) is 4. The van der Waals surface area contributed by atoms with Gasteiger partial charge in [-0.05, 0) is 30.7 Å². The predicted molar refractivity (Wildman–Crippen MR) is 90.3 cm³/mol. The van der Waals surface area contributed by atoms with Gasteiger partial charge in [0.15, 0.2) is 6.61 Å². The SMILES string of the molecule is CCCNC(=O)N1CCN(C(=O)COc2ccc(OC)cc2)CC1. The second-order valence-corrected chi connectivity index (χ2v) is 5.56. The van der Waals surface area contributed by atoms with Gasteiger partial charge in [-0.3, -0.25) is 4.79 Å². The van der Waals surface area contributed by atoms with Gasteiger partial charge in [0.2, 0.25) is 0 Å².